The number of benzene rings is 2. The van der Waals surface area contributed by atoms with E-state index < -0.39 is 0 Å². The Labute approximate surface area is 172 Å². The first kappa shape index (κ1) is 22.3. The summed E-state index contributed by atoms with van der Waals surface area (Å²) in [6.07, 6.45) is 1.61. The van der Waals surface area contributed by atoms with Crippen LogP contribution in [0.25, 0.3) is 0 Å². The summed E-state index contributed by atoms with van der Waals surface area (Å²) >= 11 is 0. The molecular weight excluding hydrogens is 368 g/mol. The molecule has 6 heteroatoms. The molecule has 0 bridgehead atoms. The van der Waals surface area contributed by atoms with Crippen molar-refractivity contribution >= 4 is 12.1 Å². The van der Waals surface area contributed by atoms with Gasteiger partial charge >= 0.3 is 0 Å². The van der Waals surface area contributed by atoms with Gasteiger partial charge in [0.1, 0.15) is 0 Å². The van der Waals surface area contributed by atoms with Crippen LogP contribution in [0.1, 0.15) is 62.0 Å². The maximum atomic E-state index is 12.6. The first-order chi connectivity index (χ1) is 14.0. The molecule has 0 spiro atoms. The number of amides is 1. The highest BCUT2D eigenvalue weighted by Gasteiger charge is 2.18. The van der Waals surface area contributed by atoms with Gasteiger partial charge in [-0.05, 0) is 49.9 Å². The van der Waals surface area contributed by atoms with E-state index in [1.807, 2.05) is 32.9 Å². The van der Waals surface area contributed by atoms with Gasteiger partial charge < -0.3 is 14.2 Å². The Morgan fingerprint density at radius 3 is 2.00 bits per heavy atom. The van der Waals surface area contributed by atoms with Crippen molar-refractivity contribution in [3.63, 3.8) is 0 Å². The summed E-state index contributed by atoms with van der Waals surface area (Å²) in [5.41, 5.74) is 5.10. The molecule has 0 heterocycles. The van der Waals surface area contributed by atoms with Crippen molar-refractivity contribution in [1.82, 2.24) is 5.43 Å². The zero-order chi connectivity index (χ0) is 21.2. The largest absolute Gasteiger partial charge is 0.490 e. The number of hydrogen-bond acceptors (Lipinski definition) is 5. The van der Waals surface area contributed by atoms with Gasteiger partial charge in [-0.2, -0.15) is 5.10 Å². The number of ether oxygens (including phenoxy) is 3. The molecule has 2 aromatic rings. The van der Waals surface area contributed by atoms with Gasteiger partial charge in [0.15, 0.2) is 11.5 Å². The molecule has 6 nitrogen and oxygen atoms in total. The van der Waals surface area contributed by atoms with Crippen molar-refractivity contribution in [2.45, 2.75) is 40.5 Å². The van der Waals surface area contributed by atoms with Crippen molar-refractivity contribution in [3.05, 3.63) is 53.1 Å². The highest BCUT2D eigenvalue weighted by atomic mass is 16.5. The minimum atomic E-state index is -0.356. The zero-order valence-corrected chi connectivity index (χ0v) is 17.8. The van der Waals surface area contributed by atoms with Gasteiger partial charge in [0.05, 0.1) is 26.0 Å². The highest BCUT2D eigenvalue weighted by molar-refractivity contribution is 5.96. The Morgan fingerprint density at radius 2 is 1.52 bits per heavy atom. The minimum absolute atomic E-state index is 0.356. The molecule has 2 rings (SSSR count). The molecule has 1 amide bonds. The summed E-state index contributed by atoms with van der Waals surface area (Å²) in [5, 5.41) is 4.07. The van der Waals surface area contributed by atoms with E-state index in [0.717, 1.165) is 5.56 Å². The highest BCUT2D eigenvalue weighted by Crippen LogP contribution is 2.39. The topological polar surface area (TPSA) is 69.2 Å². The molecule has 156 valence electrons. The maximum Gasteiger partial charge on any atom is 0.271 e. The number of carbonyl (C=O) groups is 1. The number of carbonyl (C=O) groups excluding carboxylic acids is 1. The average Bonchev–Trinajstić information content (AvgIpc) is 2.70. The van der Waals surface area contributed by atoms with Crippen LogP contribution in [0.5, 0.6) is 17.2 Å². The van der Waals surface area contributed by atoms with Crippen molar-refractivity contribution < 1.29 is 19.0 Å². The van der Waals surface area contributed by atoms with E-state index in [4.69, 9.17) is 14.2 Å². The fourth-order valence-electron chi connectivity index (χ4n) is 2.72. The van der Waals surface area contributed by atoms with E-state index in [-0.39, 0.29) is 5.91 Å². The molecule has 0 aliphatic heterocycles. The van der Waals surface area contributed by atoms with Crippen molar-refractivity contribution in [3.8, 4) is 17.2 Å². The van der Waals surface area contributed by atoms with Crippen LogP contribution in [0.4, 0.5) is 0 Å². The molecule has 0 aliphatic rings. The van der Waals surface area contributed by atoms with Gasteiger partial charge in [0, 0.05) is 5.56 Å². The van der Waals surface area contributed by atoms with E-state index in [1.165, 1.54) is 5.56 Å². The van der Waals surface area contributed by atoms with Crippen LogP contribution in [-0.2, 0) is 0 Å². The Kier molecular flexibility index (Phi) is 8.52. The van der Waals surface area contributed by atoms with Gasteiger partial charge in [-0.3, -0.25) is 4.79 Å². The van der Waals surface area contributed by atoms with Crippen molar-refractivity contribution in [2.75, 3.05) is 19.8 Å². The fourth-order valence-corrected chi connectivity index (χ4v) is 2.72. The second-order valence-corrected chi connectivity index (χ2v) is 6.62. The third kappa shape index (κ3) is 6.24. The number of nitrogens with one attached hydrogen (secondary N) is 1. The van der Waals surface area contributed by atoms with Gasteiger partial charge in [-0.25, -0.2) is 5.43 Å². The Morgan fingerprint density at radius 1 is 0.966 bits per heavy atom. The van der Waals surface area contributed by atoms with Crippen LogP contribution in [0.3, 0.4) is 0 Å². The first-order valence-electron chi connectivity index (χ1n) is 9.99. The summed E-state index contributed by atoms with van der Waals surface area (Å²) < 4.78 is 17.0. The molecule has 0 unspecified atom stereocenters. The monoisotopic (exact) mass is 398 g/mol. The smallest absolute Gasteiger partial charge is 0.271 e. The summed E-state index contributed by atoms with van der Waals surface area (Å²) in [7, 11) is 0. The SMILES string of the molecule is CCOc1cc(C(=O)N/N=C/c2ccc(C(C)C)cc2)cc(OCC)c1OCC. The van der Waals surface area contributed by atoms with E-state index in [0.29, 0.717) is 48.6 Å². The lowest BCUT2D eigenvalue weighted by Gasteiger charge is -2.16. The van der Waals surface area contributed by atoms with Crippen molar-refractivity contribution in [2.24, 2.45) is 5.10 Å². The van der Waals surface area contributed by atoms with Crippen LogP contribution < -0.4 is 19.6 Å². The Bertz CT molecular complexity index is 802. The quantitative estimate of drug-likeness (QED) is 0.462. The fraction of sp³-hybridized carbons (Fsp3) is 0.391. The number of rotatable bonds is 10. The summed E-state index contributed by atoms with van der Waals surface area (Å²) in [5.74, 6) is 1.56. The predicted molar refractivity (Wildman–Crippen MR) is 116 cm³/mol. The molecule has 0 aliphatic carbocycles. The molecular formula is C23H30N2O4. The van der Waals surface area contributed by atoms with E-state index >= 15 is 0 Å². The van der Waals surface area contributed by atoms with Gasteiger partial charge in [0.25, 0.3) is 5.91 Å². The van der Waals surface area contributed by atoms with Crippen LogP contribution in [-0.4, -0.2) is 31.9 Å². The lowest BCUT2D eigenvalue weighted by Crippen LogP contribution is -2.18. The summed E-state index contributed by atoms with van der Waals surface area (Å²) in [6.45, 7) is 11.3. The Hall–Kier alpha value is -3.02. The van der Waals surface area contributed by atoms with Crippen LogP contribution in [0.15, 0.2) is 41.5 Å². The van der Waals surface area contributed by atoms with Gasteiger partial charge in [-0.1, -0.05) is 38.1 Å². The molecule has 0 atom stereocenters. The lowest BCUT2D eigenvalue weighted by molar-refractivity contribution is 0.0954. The lowest BCUT2D eigenvalue weighted by atomic mass is 10.0. The maximum absolute atomic E-state index is 12.6. The first-order valence-corrected chi connectivity index (χ1v) is 9.99. The minimum Gasteiger partial charge on any atom is -0.490 e. The van der Waals surface area contributed by atoms with Gasteiger partial charge in [0.2, 0.25) is 5.75 Å². The third-order valence-corrected chi connectivity index (χ3v) is 4.15. The standard InChI is InChI=1S/C23H30N2O4/c1-6-27-20-13-19(14-21(28-7-2)22(20)29-8-3)23(26)25-24-15-17-9-11-18(12-10-17)16(4)5/h9-16H,6-8H2,1-5H3,(H,25,26)/b24-15+. The van der Waals surface area contributed by atoms with Gasteiger partial charge in [-0.15, -0.1) is 0 Å². The predicted octanol–water partition coefficient (Wildman–Crippen LogP) is 4.77. The van der Waals surface area contributed by atoms with Crippen molar-refractivity contribution in [1.29, 1.82) is 0 Å². The molecule has 0 saturated heterocycles. The normalized spacial score (nSPS) is 11.0. The Balaban J connectivity index is 2.18. The van der Waals surface area contributed by atoms with E-state index in [2.05, 4.69) is 36.5 Å². The molecule has 0 saturated carbocycles. The summed E-state index contributed by atoms with van der Waals surface area (Å²) in [4.78, 5) is 12.6. The molecule has 0 fully saturated rings. The van der Waals surface area contributed by atoms with E-state index in [9.17, 15) is 4.79 Å². The molecule has 1 N–H and O–H groups in total. The van der Waals surface area contributed by atoms with E-state index in [1.54, 1.807) is 18.3 Å². The third-order valence-electron chi connectivity index (χ3n) is 4.15. The van der Waals surface area contributed by atoms with Crippen LogP contribution in [0.2, 0.25) is 0 Å². The van der Waals surface area contributed by atoms with Crippen LogP contribution >= 0.6 is 0 Å². The molecule has 0 radical (unpaired) electrons. The van der Waals surface area contributed by atoms with Crippen LogP contribution in [0, 0.1) is 0 Å². The number of hydrazone groups is 1. The molecule has 29 heavy (non-hydrogen) atoms. The second kappa shape index (κ2) is 11.1. The second-order valence-electron chi connectivity index (χ2n) is 6.62. The zero-order valence-electron chi connectivity index (χ0n) is 17.8. The average molecular weight is 399 g/mol. The molecule has 0 aromatic heterocycles. The number of nitrogens with zero attached hydrogens (tertiary/aromatic N) is 1. The summed E-state index contributed by atoms with van der Waals surface area (Å²) in [6, 6.07) is 11.3. The number of hydrogen-bond donors (Lipinski definition) is 1. The molecule has 2 aromatic carbocycles.